The Morgan fingerprint density at radius 2 is 1.50 bits per heavy atom. The number of rotatable bonds is 7. The first kappa shape index (κ1) is 26.5. The summed E-state index contributed by atoms with van der Waals surface area (Å²) in [5, 5.41) is 22.4. The van der Waals surface area contributed by atoms with Gasteiger partial charge >= 0.3 is 0 Å². The van der Waals surface area contributed by atoms with E-state index >= 15 is 0 Å². The zero-order chi connectivity index (χ0) is 26.6. The fourth-order valence-corrected chi connectivity index (χ4v) is 3.52. The van der Waals surface area contributed by atoms with Crippen molar-refractivity contribution in [2.75, 3.05) is 37.7 Å². The molecule has 0 spiro atoms. The van der Waals surface area contributed by atoms with Crippen LogP contribution in [0.5, 0.6) is 0 Å². The van der Waals surface area contributed by atoms with Crippen LogP contribution in [-0.4, -0.2) is 65.6 Å². The number of hydrogen-bond donors (Lipinski definition) is 2. The molecule has 14 heteroatoms. The number of non-ortho nitro benzene ring substituents is 1. The van der Waals surface area contributed by atoms with E-state index in [4.69, 9.17) is 0 Å². The highest BCUT2D eigenvalue weighted by atomic mass is 19.2. The van der Waals surface area contributed by atoms with Gasteiger partial charge in [-0.3, -0.25) is 19.7 Å². The summed E-state index contributed by atoms with van der Waals surface area (Å²) in [6.45, 7) is 0.292. The van der Waals surface area contributed by atoms with Gasteiger partial charge in [-0.1, -0.05) is 0 Å². The minimum Gasteiger partial charge on any atom is -0.394 e. The molecule has 2 aromatic carbocycles. The summed E-state index contributed by atoms with van der Waals surface area (Å²) in [6, 6.07) is 4.42. The number of anilines is 1. The van der Waals surface area contributed by atoms with E-state index in [2.05, 4.69) is 5.32 Å². The van der Waals surface area contributed by atoms with Crippen molar-refractivity contribution < 1.29 is 41.6 Å². The van der Waals surface area contributed by atoms with Crippen LogP contribution < -0.4 is 10.2 Å². The molecule has 192 valence electrons. The maximum Gasteiger partial charge on any atom is 0.269 e. The second kappa shape index (κ2) is 11.1. The van der Waals surface area contributed by atoms with Crippen LogP contribution in [0.1, 0.15) is 5.56 Å². The molecule has 0 aliphatic carbocycles. The molecule has 0 radical (unpaired) electrons. The van der Waals surface area contributed by atoms with Gasteiger partial charge in [0.25, 0.3) is 5.69 Å². The van der Waals surface area contributed by atoms with Gasteiger partial charge in [0.1, 0.15) is 6.04 Å². The van der Waals surface area contributed by atoms with Crippen LogP contribution in [0.4, 0.5) is 33.3 Å². The van der Waals surface area contributed by atoms with Crippen molar-refractivity contribution in [2.45, 2.75) is 6.04 Å². The van der Waals surface area contributed by atoms with Crippen molar-refractivity contribution in [3.8, 4) is 0 Å². The smallest absolute Gasteiger partial charge is 0.269 e. The van der Waals surface area contributed by atoms with Crippen LogP contribution in [0, 0.1) is 39.2 Å². The topological polar surface area (TPSA) is 116 Å². The van der Waals surface area contributed by atoms with Crippen molar-refractivity contribution in [1.82, 2.24) is 10.2 Å². The normalized spacial score (nSPS) is 14.7. The second-order valence-electron chi connectivity index (χ2n) is 7.65. The number of nitro benzene ring substituents is 1. The van der Waals surface area contributed by atoms with Gasteiger partial charge < -0.3 is 20.2 Å². The lowest BCUT2D eigenvalue weighted by Gasteiger charge is -2.37. The van der Waals surface area contributed by atoms with E-state index in [1.165, 1.54) is 17.0 Å². The van der Waals surface area contributed by atoms with Crippen molar-refractivity contribution in [3.05, 3.63) is 75.1 Å². The first-order valence-corrected chi connectivity index (χ1v) is 10.4. The van der Waals surface area contributed by atoms with Gasteiger partial charge in [-0.05, 0) is 18.2 Å². The number of hydrogen-bond acceptors (Lipinski definition) is 6. The van der Waals surface area contributed by atoms with Crippen LogP contribution >= 0.6 is 0 Å². The molecule has 0 saturated carbocycles. The Morgan fingerprint density at radius 3 is 2.00 bits per heavy atom. The summed E-state index contributed by atoms with van der Waals surface area (Å²) in [5.41, 5.74) is -0.697. The SMILES string of the molecule is O=C(C=Cc1c(F)c(F)c(F)c(F)c1F)NC(CO)C(=O)N1CCN(c2ccc([N+](=O)[O-])cc2)CC1. The minimum atomic E-state index is -2.34. The van der Waals surface area contributed by atoms with E-state index in [9.17, 15) is 46.8 Å². The lowest BCUT2D eigenvalue weighted by molar-refractivity contribution is -0.384. The third-order valence-electron chi connectivity index (χ3n) is 5.46. The zero-order valence-electron chi connectivity index (χ0n) is 18.4. The minimum absolute atomic E-state index is 0.0664. The number of nitrogens with zero attached hydrogens (tertiary/aromatic N) is 3. The Morgan fingerprint density at radius 1 is 0.972 bits per heavy atom. The molecule has 2 amide bonds. The summed E-state index contributed by atoms with van der Waals surface area (Å²) in [4.78, 5) is 38.3. The Balaban J connectivity index is 1.60. The molecule has 1 aliphatic heterocycles. The molecule has 0 bridgehead atoms. The summed E-state index contributed by atoms with van der Waals surface area (Å²) >= 11 is 0. The van der Waals surface area contributed by atoms with Crippen LogP contribution in [0.15, 0.2) is 30.3 Å². The molecule has 1 atom stereocenters. The number of aliphatic hydroxyl groups excluding tert-OH is 1. The molecule has 1 heterocycles. The van der Waals surface area contributed by atoms with Gasteiger partial charge in [-0.25, -0.2) is 22.0 Å². The maximum atomic E-state index is 13.7. The molecule has 2 N–H and O–H groups in total. The summed E-state index contributed by atoms with van der Waals surface area (Å²) in [5.74, 6) is -12.7. The Labute approximate surface area is 200 Å². The predicted molar refractivity (Wildman–Crippen MR) is 116 cm³/mol. The molecule has 2 aromatic rings. The predicted octanol–water partition coefficient (Wildman–Crippen LogP) is 2.13. The number of carbonyl (C=O) groups is 2. The molecular weight excluding hydrogens is 495 g/mol. The Kier molecular flexibility index (Phi) is 8.19. The van der Waals surface area contributed by atoms with Gasteiger partial charge in [0.05, 0.1) is 17.1 Å². The molecule has 3 rings (SSSR count). The number of carbonyl (C=O) groups excluding carboxylic acids is 2. The molecular formula is C22H19F5N4O5. The molecule has 1 unspecified atom stereocenters. The number of piperazine rings is 1. The van der Waals surface area contributed by atoms with E-state index in [0.29, 0.717) is 30.9 Å². The van der Waals surface area contributed by atoms with Crippen molar-refractivity contribution in [1.29, 1.82) is 0 Å². The van der Waals surface area contributed by atoms with E-state index < -0.39 is 64.0 Å². The van der Waals surface area contributed by atoms with Crippen LogP contribution in [-0.2, 0) is 9.59 Å². The first-order valence-electron chi connectivity index (χ1n) is 10.4. The summed E-state index contributed by atoms with van der Waals surface area (Å²) in [7, 11) is 0. The molecule has 9 nitrogen and oxygen atoms in total. The number of benzene rings is 2. The van der Waals surface area contributed by atoms with Gasteiger partial charge in [-0.2, -0.15) is 0 Å². The van der Waals surface area contributed by atoms with Gasteiger partial charge in [0.2, 0.25) is 17.6 Å². The maximum absolute atomic E-state index is 13.7. The highest BCUT2D eigenvalue weighted by molar-refractivity contribution is 5.95. The van der Waals surface area contributed by atoms with Crippen molar-refractivity contribution >= 4 is 29.3 Å². The molecule has 0 aromatic heterocycles. The summed E-state index contributed by atoms with van der Waals surface area (Å²) in [6.07, 6.45) is 0.841. The van der Waals surface area contributed by atoms with E-state index in [1.54, 1.807) is 12.1 Å². The van der Waals surface area contributed by atoms with Crippen molar-refractivity contribution in [3.63, 3.8) is 0 Å². The molecule has 36 heavy (non-hydrogen) atoms. The van der Waals surface area contributed by atoms with E-state index in [0.717, 1.165) is 0 Å². The number of nitrogens with one attached hydrogen (secondary N) is 1. The fraction of sp³-hybridized carbons (Fsp3) is 0.273. The van der Waals surface area contributed by atoms with Gasteiger partial charge in [-0.15, -0.1) is 0 Å². The molecule has 1 fully saturated rings. The molecule has 1 saturated heterocycles. The Bertz CT molecular complexity index is 1170. The quantitative estimate of drug-likeness (QED) is 0.146. The van der Waals surface area contributed by atoms with Crippen LogP contribution in [0.3, 0.4) is 0 Å². The van der Waals surface area contributed by atoms with Gasteiger partial charge in [0, 0.05) is 50.1 Å². The number of amides is 2. The Hall–Kier alpha value is -4.07. The zero-order valence-corrected chi connectivity index (χ0v) is 18.4. The van der Waals surface area contributed by atoms with E-state index in [-0.39, 0.29) is 18.8 Å². The lowest BCUT2D eigenvalue weighted by atomic mass is 10.1. The highest BCUT2D eigenvalue weighted by Crippen LogP contribution is 2.24. The van der Waals surface area contributed by atoms with Crippen molar-refractivity contribution in [2.24, 2.45) is 0 Å². The third kappa shape index (κ3) is 5.59. The van der Waals surface area contributed by atoms with Crippen LogP contribution in [0.2, 0.25) is 0 Å². The summed E-state index contributed by atoms with van der Waals surface area (Å²) < 4.78 is 67.1. The third-order valence-corrected chi connectivity index (χ3v) is 5.46. The molecule has 1 aliphatic rings. The monoisotopic (exact) mass is 514 g/mol. The number of halogens is 5. The number of aliphatic hydroxyl groups is 1. The standard InChI is InChI=1S/C22H19F5N4O5/c23-17-14(18(24)20(26)21(27)19(17)25)5-6-16(33)28-15(11-32)22(34)30-9-7-29(8-10-30)12-1-3-13(4-2-12)31(35)36/h1-6,15,32H,7-11H2,(H,28,33). The fourth-order valence-electron chi connectivity index (χ4n) is 3.52. The second-order valence-corrected chi connectivity index (χ2v) is 7.65. The van der Waals surface area contributed by atoms with E-state index in [1.807, 2.05) is 4.90 Å². The number of nitro groups is 1. The first-order chi connectivity index (χ1) is 17.0. The average Bonchev–Trinajstić information content (AvgIpc) is 2.89. The largest absolute Gasteiger partial charge is 0.394 e. The van der Waals surface area contributed by atoms with Gasteiger partial charge in [0.15, 0.2) is 23.3 Å². The average molecular weight is 514 g/mol. The lowest BCUT2D eigenvalue weighted by Crippen LogP contribution is -2.56. The highest BCUT2D eigenvalue weighted by Gasteiger charge is 2.29. The van der Waals surface area contributed by atoms with Crippen LogP contribution in [0.25, 0.3) is 6.08 Å².